The molecule has 0 saturated heterocycles. The van der Waals surface area contributed by atoms with Crippen LogP contribution in [0.1, 0.15) is 43.2 Å². The molecule has 0 amide bonds. The Morgan fingerprint density at radius 2 is 1.04 bits per heavy atom. The SMILES string of the molecule is c1ccc2c(c1)-c1ccc(N3c4ccccc4C4(c5ccccc53)C3CC5CC(C3)CC4C5)cc1[Si]21c2ccccc2-c2c1ccc1ccccc21. The fourth-order valence-corrected chi connectivity index (χ4v) is 19.1. The smallest absolute Gasteiger partial charge is 0.182 e. The molecule has 0 N–H and O–H groups in total. The molecular formula is C50H39NSi. The number of rotatable bonds is 1. The molecule has 0 aromatic heterocycles. The summed E-state index contributed by atoms with van der Waals surface area (Å²) < 4.78 is 0. The zero-order valence-electron chi connectivity index (χ0n) is 29.2. The Bertz CT molecular complexity index is 2610. The maximum atomic E-state index is 2.66. The van der Waals surface area contributed by atoms with Gasteiger partial charge in [-0.05, 0) is 145 Å². The Kier molecular flexibility index (Phi) is 5.36. The quantitative estimate of drug-likeness (QED) is 0.156. The van der Waals surface area contributed by atoms with Gasteiger partial charge >= 0.3 is 0 Å². The molecule has 4 fully saturated rings. The number of hydrogen-bond acceptors (Lipinski definition) is 1. The highest BCUT2D eigenvalue weighted by Crippen LogP contribution is 2.69. The van der Waals surface area contributed by atoms with Gasteiger partial charge in [-0.3, -0.25) is 0 Å². The van der Waals surface area contributed by atoms with Crippen LogP contribution in [0.25, 0.3) is 33.0 Å². The zero-order chi connectivity index (χ0) is 33.8. The molecule has 1 atom stereocenters. The van der Waals surface area contributed by atoms with E-state index in [0.29, 0.717) is 0 Å². The second-order valence-corrected chi connectivity index (χ2v) is 20.5. The van der Waals surface area contributed by atoms with Crippen molar-refractivity contribution in [2.24, 2.45) is 23.7 Å². The van der Waals surface area contributed by atoms with E-state index in [-0.39, 0.29) is 5.41 Å². The molecule has 1 unspecified atom stereocenters. The van der Waals surface area contributed by atoms with E-state index in [9.17, 15) is 0 Å². The first-order chi connectivity index (χ1) is 25.8. The number of benzene rings is 7. The third kappa shape index (κ3) is 3.21. The number of anilines is 3. The summed E-state index contributed by atoms with van der Waals surface area (Å²) >= 11 is 0. The van der Waals surface area contributed by atoms with Gasteiger partial charge in [0.15, 0.2) is 8.07 Å². The minimum atomic E-state index is -2.63. The average Bonchev–Trinajstić information content (AvgIpc) is 3.66. The molecule has 14 rings (SSSR count). The van der Waals surface area contributed by atoms with E-state index >= 15 is 0 Å². The molecule has 4 bridgehead atoms. The third-order valence-corrected chi connectivity index (χ3v) is 19.8. The summed E-state index contributed by atoms with van der Waals surface area (Å²) in [5.41, 5.74) is 13.1. The Hall–Kier alpha value is -5.18. The van der Waals surface area contributed by atoms with Crippen LogP contribution >= 0.6 is 0 Å². The molecule has 0 radical (unpaired) electrons. The van der Waals surface area contributed by atoms with Crippen molar-refractivity contribution in [1.82, 2.24) is 0 Å². The summed E-state index contributed by atoms with van der Waals surface area (Å²) in [6, 6.07) is 59.4. The van der Waals surface area contributed by atoms with Gasteiger partial charge in [-0.2, -0.15) is 0 Å². The molecule has 2 heteroatoms. The maximum absolute atomic E-state index is 2.66. The van der Waals surface area contributed by atoms with Crippen LogP contribution < -0.4 is 25.6 Å². The molecule has 2 spiro atoms. The second-order valence-electron chi connectivity index (χ2n) is 16.8. The predicted molar refractivity (Wildman–Crippen MR) is 218 cm³/mol. The maximum Gasteiger partial charge on any atom is 0.182 e. The highest BCUT2D eigenvalue weighted by atomic mass is 28.3. The van der Waals surface area contributed by atoms with Crippen molar-refractivity contribution in [2.45, 2.75) is 37.5 Å². The van der Waals surface area contributed by atoms with Gasteiger partial charge in [0.1, 0.15) is 0 Å². The van der Waals surface area contributed by atoms with E-state index in [2.05, 4.69) is 157 Å². The third-order valence-electron chi connectivity index (χ3n) is 14.8. The molecular weight excluding hydrogens is 643 g/mol. The number of para-hydroxylation sites is 2. The van der Waals surface area contributed by atoms with Crippen molar-refractivity contribution in [3.63, 3.8) is 0 Å². The molecule has 7 aromatic carbocycles. The van der Waals surface area contributed by atoms with Gasteiger partial charge in [-0.15, -0.1) is 0 Å². The van der Waals surface area contributed by atoms with Crippen LogP contribution in [-0.2, 0) is 5.41 Å². The lowest BCUT2D eigenvalue weighted by molar-refractivity contribution is -0.0419. The molecule has 7 aromatic rings. The lowest BCUT2D eigenvalue weighted by Gasteiger charge is -2.64. The molecule has 7 aliphatic rings. The van der Waals surface area contributed by atoms with E-state index in [4.69, 9.17) is 0 Å². The second kappa shape index (κ2) is 9.82. The van der Waals surface area contributed by atoms with Gasteiger partial charge in [0.25, 0.3) is 0 Å². The van der Waals surface area contributed by atoms with Crippen LogP contribution in [-0.4, -0.2) is 8.07 Å². The van der Waals surface area contributed by atoms with Crippen LogP contribution in [0.15, 0.2) is 152 Å². The molecule has 4 saturated carbocycles. The Morgan fingerprint density at radius 3 is 1.77 bits per heavy atom. The first-order valence-corrected chi connectivity index (χ1v) is 21.6. The van der Waals surface area contributed by atoms with Gasteiger partial charge in [-0.1, -0.05) is 127 Å². The van der Waals surface area contributed by atoms with E-state index in [1.807, 2.05) is 0 Å². The van der Waals surface area contributed by atoms with Gasteiger partial charge in [0.2, 0.25) is 0 Å². The molecule has 3 aliphatic heterocycles. The highest BCUT2D eigenvalue weighted by Gasteiger charge is 2.61. The van der Waals surface area contributed by atoms with Crippen molar-refractivity contribution < 1.29 is 0 Å². The first-order valence-electron chi connectivity index (χ1n) is 19.6. The van der Waals surface area contributed by atoms with E-state index < -0.39 is 8.07 Å². The molecule has 52 heavy (non-hydrogen) atoms. The number of fused-ring (bicyclic) bond motifs is 14. The Labute approximate surface area is 306 Å². The molecule has 4 aliphatic carbocycles. The minimum absolute atomic E-state index is 0.116. The van der Waals surface area contributed by atoms with Crippen molar-refractivity contribution in [3.05, 3.63) is 163 Å². The van der Waals surface area contributed by atoms with E-state index in [0.717, 1.165) is 23.7 Å². The minimum Gasteiger partial charge on any atom is -0.310 e. The highest BCUT2D eigenvalue weighted by molar-refractivity contribution is 7.24. The summed E-state index contributed by atoms with van der Waals surface area (Å²) in [5, 5.41) is 8.86. The summed E-state index contributed by atoms with van der Waals surface area (Å²) in [7, 11) is -2.63. The standard InChI is InChI=1S/C50H39NSi/c1-2-12-37-33(11-1)21-24-47-49(37)40-14-4-10-20-46(40)52(47)45-19-9-3-13-38(45)39-23-22-36(30-48(39)52)51-43-17-7-5-15-41(43)50(42-16-6-8-18-44(42)51)34-26-31-25-32(28-34)29-35(50)27-31/h1-24,30-32,34-35H,25-29H2. The Morgan fingerprint density at radius 1 is 0.462 bits per heavy atom. The van der Waals surface area contributed by atoms with E-state index in [1.165, 1.54) is 97.8 Å². The molecule has 3 heterocycles. The van der Waals surface area contributed by atoms with Crippen molar-refractivity contribution >= 4 is 56.7 Å². The van der Waals surface area contributed by atoms with Gasteiger partial charge in [0.05, 0.1) is 11.4 Å². The summed E-state index contributed by atoms with van der Waals surface area (Å²) in [6.07, 6.45) is 7.06. The first kappa shape index (κ1) is 28.4. The number of nitrogens with zero attached hydrogens (tertiary/aromatic N) is 1. The fraction of sp³-hybridized carbons (Fsp3) is 0.200. The van der Waals surface area contributed by atoms with Crippen LogP contribution in [0.4, 0.5) is 17.1 Å². The normalized spacial score (nSPS) is 25.9. The van der Waals surface area contributed by atoms with Crippen molar-refractivity contribution in [2.75, 3.05) is 4.90 Å². The molecule has 1 nitrogen and oxygen atoms in total. The summed E-state index contributed by atoms with van der Waals surface area (Å²) in [4.78, 5) is 2.66. The average molecular weight is 682 g/mol. The van der Waals surface area contributed by atoms with E-state index in [1.54, 1.807) is 16.3 Å². The largest absolute Gasteiger partial charge is 0.310 e. The van der Waals surface area contributed by atoms with Gasteiger partial charge < -0.3 is 4.90 Å². The van der Waals surface area contributed by atoms with Gasteiger partial charge in [-0.25, -0.2) is 0 Å². The predicted octanol–water partition coefficient (Wildman–Crippen LogP) is 9.70. The van der Waals surface area contributed by atoms with Crippen LogP contribution in [0.3, 0.4) is 0 Å². The van der Waals surface area contributed by atoms with Crippen LogP contribution in [0.5, 0.6) is 0 Å². The van der Waals surface area contributed by atoms with Crippen LogP contribution in [0.2, 0.25) is 0 Å². The summed E-state index contributed by atoms with van der Waals surface area (Å²) in [6.45, 7) is 0. The fourth-order valence-electron chi connectivity index (χ4n) is 13.4. The van der Waals surface area contributed by atoms with Crippen molar-refractivity contribution in [1.29, 1.82) is 0 Å². The number of hydrogen-bond donors (Lipinski definition) is 0. The molecule has 248 valence electrons. The lowest BCUT2D eigenvalue weighted by atomic mass is 9.41. The monoisotopic (exact) mass is 681 g/mol. The van der Waals surface area contributed by atoms with Gasteiger partial charge in [0, 0.05) is 11.1 Å². The topological polar surface area (TPSA) is 3.24 Å². The lowest BCUT2D eigenvalue weighted by Crippen LogP contribution is -2.70. The summed E-state index contributed by atoms with van der Waals surface area (Å²) in [5.74, 6) is 3.33. The Balaban J connectivity index is 1.09. The zero-order valence-corrected chi connectivity index (χ0v) is 30.2. The van der Waals surface area contributed by atoms with Crippen molar-refractivity contribution in [3.8, 4) is 22.3 Å². The van der Waals surface area contributed by atoms with Crippen LogP contribution in [0, 0.1) is 23.7 Å².